The molecule has 2 amide bonds. The number of ether oxygens (including phenoxy) is 1. The minimum absolute atomic E-state index is 0.158. The van der Waals surface area contributed by atoms with Gasteiger partial charge in [-0.3, -0.25) is 9.59 Å². The zero-order chi connectivity index (χ0) is 15.8. The average Bonchev–Trinajstić information content (AvgIpc) is 2.56. The van der Waals surface area contributed by atoms with E-state index >= 15 is 0 Å². The van der Waals surface area contributed by atoms with E-state index < -0.39 is 11.8 Å². The molecule has 0 saturated heterocycles. The van der Waals surface area contributed by atoms with Gasteiger partial charge in [0, 0.05) is 12.6 Å². The lowest BCUT2D eigenvalue weighted by atomic mass is 9.95. The summed E-state index contributed by atoms with van der Waals surface area (Å²) in [5.74, 6) is -0.273. The average molecular weight is 304 g/mol. The number of carbonyl (C=O) groups excluding carboxylic acids is 2. The molecule has 0 radical (unpaired) electrons. The quantitative estimate of drug-likeness (QED) is 0.815. The highest BCUT2D eigenvalue weighted by molar-refractivity contribution is 6.35. The normalized spacial score (nSPS) is 15.1. The molecule has 5 nitrogen and oxygen atoms in total. The van der Waals surface area contributed by atoms with Crippen molar-refractivity contribution in [2.24, 2.45) is 0 Å². The number of hydrogen-bond acceptors (Lipinski definition) is 3. The fourth-order valence-electron chi connectivity index (χ4n) is 2.73. The van der Waals surface area contributed by atoms with Crippen LogP contribution < -0.4 is 15.4 Å². The van der Waals surface area contributed by atoms with Gasteiger partial charge in [-0.1, -0.05) is 31.4 Å². The second kappa shape index (κ2) is 8.41. The van der Waals surface area contributed by atoms with Crippen LogP contribution in [-0.4, -0.2) is 31.5 Å². The molecule has 1 aliphatic carbocycles. The molecule has 1 saturated carbocycles. The summed E-state index contributed by atoms with van der Waals surface area (Å²) < 4.78 is 5.15. The standard InChI is InChI=1S/C17H24N2O3/c1-22-15-9-5-6-13(12-15)10-11-18-16(20)17(21)19-14-7-3-2-4-8-14/h5-6,9,12,14H,2-4,7-8,10-11H2,1H3,(H,18,20)(H,19,21). The first-order valence-corrected chi connectivity index (χ1v) is 7.90. The number of amides is 2. The summed E-state index contributed by atoms with van der Waals surface area (Å²) in [5.41, 5.74) is 1.06. The van der Waals surface area contributed by atoms with Gasteiger partial charge in [0.25, 0.3) is 0 Å². The van der Waals surface area contributed by atoms with Crippen LogP contribution in [-0.2, 0) is 16.0 Å². The van der Waals surface area contributed by atoms with Gasteiger partial charge in [0.15, 0.2) is 0 Å². The summed E-state index contributed by atoms with van der Waals surface area (Å²) in [6, 6.07) is 7.83. The van der Waals surface area contributed by atoms with Crippen molar-refractivity contribution in [3.8, 4) is 5.75 Å². The van der Waals surface area contributed by atoms with Crippen LogP contribution >= 0.6 is 0 Å². The Morgan fingerprint density at radius 2 is 1.95 bits per heavy atom. The molecule has 1 fully saturated rings. The molecular formula is C17H24N2O3. The third kappa shape index (κ3) is 5.06. The molecule has 5 heteroatoms. The highest BCUT2D eigenvalue weighted by Crippen LogP contribution is 2.17. The predicted molar refractivity (Wildman–Crippen MR) is 84.7 cm³/mol. The van der Waals surface area contributed by atoms with E-state index in [9.17, 15) is 9.59 Å². The third-order valence-corrected chi connectivity index (χ3v) is 3.98. The maximum Gasteiger partial charge on any atom is 0.309 e. The van der Waals surface area contributed by atoms with Crippen LogP contribution in [0, 0.1) is 0 Å². The molecule has 120 valence electrons. The van der Waals surface area contributed by atoms with E-state index in [-0.39, 0.29) is 6.04 Å². The van der Waals surface area contributed by atoms with Crippen molar-refractivity contribution in [2.75, 3.05) is 13.7 Å². The van der Waals surface area contributed by atoms with E-state index in [1.54, 1.807) is 7.11 Å². The Morgan fingerprint density at radius 3 is 2.68 bits per heavy atom. The summed E-state index contributed by atoms with van der Waals surface area (Å²) in [5, 5.41) is 5.48. The van der Waals surface area contributed by atoms with Crippen LogP contribution in [0.4, 0.5) is 0 Å². The first-order valence-electron chi connectivity index (χ1n) is 7.90. The van der Waals surface area contributed by atoms with E-state index in [1.807, 2.05) is 24.3 Å². The second-order valence-corrected chi connectivity index (χ2v) is 5.67. The minimum atomic E-state index is -0.548. The monoisotopic (exact) mass is 304 g/mol. The number of hydrogen-bond donors (Lipinski definition) is 2. The van der Waals surface area contributed by atoms with Crippen LogP contribution in [0.15, 0.2) is 24.3 Å². The summed E-state index contributed by atoms with van der Waals surface area (Å²) in [6.45, 7) is 0.435. The smallest absolute Gasteiger partial charge is 0.309 e. The Labute approximate surface area is 131 Å². The SMILES string of the molecule is COc1cccc(CCNC(=O)C(=O)NC2CCCCC2)c1. The van der Waals surface area contributed by atoms with Gasteiger partial charge >= 0.3 is 11.8 Å². The number of rotatable bonds is 5. The van der Waals surface area contributed by atoms with Gasteiger partial charge in [0.1, 0.15) is 5.75 Å². The maximum atomic E-state index is 11.8. The molecule has 2 rings (SSSR count). The van der Waals surface area contributed by atoms with Gasteiger partial charge in [0.2, 0.25) is 0 Å². The summed E-state index contributed by atoms with van der Waals surface area (Å²) in [6.07, 6.45) is 6.09. The molecule has 0 aromatic heterocycles. The van der Waals surface area contributed by atoms with E-state index in [0.717, 1.165) is 37.0 Å². The lowest BCUT2D eigenvalue weighted by Gasteiger charge is -2.22. The predicted octanol–water partition coefficient (Wildman–Crippen LogP) is 1.80. The van der Waals surface area contributed by atoms with E-state index in [2.05, 4.69) is 10.6 Å². The van der Waals surface area contributed by atoms with Gasteiger partial charge < -0.3 is 15.4 Å². The first kappa shape index (κ1) is 16.3. The molecule has 0 bridgehead atoms. The van der Waals surface area contributed by atoms with Gasteiger partial charge in [-0.2, -0.15) is 0 Å². The van der Waals surface area contributed by atoms with Crippen LogP contribution in [0.1, 0.15) is 37.7 Å². The molecule has 1 aromatic rings. The van der Waals surface area contributed by atoms with E-state index in [0.29, 0.717) is 13.0 Å². The molecule has 1 aromatic carbocycles. The van der Waals surface area contributed by atoms with Crippen molar-refractivity contribution in [3.05, 3.63) is 29.8 Å². The summed E-state index contributed by atoms with van der Waals surface area (Å²) >= 11 is 0. The Bertz CT molecular complexity index is 510. The number of benzene rings is 1. The number of carbonyl (C=O) groups is 2. The molecule has 0 heterocycles. The van der Waals surface area contributed by atoms with Gasteiger partial charge in [0.05, 0.1) is 7.11 Å². The molecule has 0 atom stereocenters. The Kier molecular flexibility index (Phi) is 6.25. The fourth-order valence-corrected chi connectivity index (χ4v) is 2.73. The van der Waals surface area contributed by atoms with Crippen molar-refractivity contribution >= 4 is 11.8 Å². The van der Waals surface area contributed by atoms with Crippen molar-refractivity contribution in [3.63, 3.8) is 0 Å². The zero-order valence-electron chi connectivity index (χ0n) is 13.1. The topological polar surface area (TPSA) is 67.4 Å². The molecule has 0 spiro atoms. The maximum absolute atomic E-state index is 11.8. The highest BCUT2D eigenvalue weighted by atomic mass is 16.5. The van der Waals surface area contributed by atoms with Crippen molar-refractivity contribution in [1.29, 1.82) is 0 Å². The molecule has 0 unspecified atom stereocenters. The molecular weight excluding hydrogens is 280 g/mol. The molecule has 2 N–H and O–H groups in total. The van der Waals surface area contributed by atoms with Gasteiger partial charge in [-0.05, 0) is 37.0 Å². The lowest BCUT2D eigenvalue weighted by Crippen LogP contribution is -2.45. The largest absolute Gasteiger partial charge is 0.497 e. The van der Waals surface area contributed by atoms with Crippen LogP contribution in [0.3, 0.4) is 0 Å². The molecule has 22 heavy (non-hydrogen) atoms. The first-order chi connectivity index (χ1) is 10.7. The van der Waals surface area contributed by atoms with Crippen molar-refractivity contribution < 1.29 is 14.3 Å². The number of methoxy groups -OCH3 is 1. The molecule has 0 aliphatic heterocycles. The van der Waals surface area contributed by atoms with Crippen molar-refractivity contribution in [1.82, 2.24) is 10.6 Å². The second-order valence-electron chi connectivity index (χ2n) is 5.67. The van der Waals surface area contributed by atoms with E-state index in [1.165, 1.54) is 6.42 Å². The van der Waals surface area contributed by atoms with Crippen LogP contribution in [0.25, 0.3) is 0 Å². The highest BCUT2D eigenvalue weighted by Gasteiger charge is 2.19. The van der Waals surface area contributed by atoms with Gasteiger partial charge in [-0.15, -0.1) is 0 Å². The lowest BCUT2D eigenvalue weighted by molar-refractivity contribution is -0.139. The Balaban J connectivity index is 1.71. The van der Waals surface area contributed by atoms with Crippen LogP contribution in [0.2, 0.25) is 0 Å². The van der Waals surface area contributed by atoms with E-state index in [4.69, 9.17) is 4.74 Å². The van der Waals surface area contributed by atoms with Gasteiger partial charge in [-0.25, -0.2) is 0 Å². The van der Waals surface area contributed by atoms with Crippen molar-refractivity contribution in [2.45, 2.75) is 44.6 Å². The summed E-state index contributed by atoms with van der Waals surface area (Å²) in [7, 11) is 1.62. The minimum Gasteiger partial charge on any atom is -0.497 e. The fraction of sp³-hybridized carbons (Fsp3) is 0.529. The Morgan fingerprint density at radius 1 is 1.18 bits per heavy atom. The summed E-state index contributed by atoms with van der Waals surface area (Å²) in [4.78, 5) is 23.6. The molecule has 1 aliphatic rings. The third-order valence-electron chi connectivity index (χ3n) is 3.98. The zero-order valence-corrected chi connectivity index (χ0v) is 13.1. The van der Waals surface area contributed by atoms with Crippen LogP contribution in [0.5, 0.6) is 5.75 Å². The number of nitrogens with one attached hydrogen (secondary N) is 2. The Hall–Kier alpha value is -2.04.